The van der Waals surface area contributed by atoms with E-state index in [0.717, 1.165) is 32.1 Å². The second-order valence-corrected chi connectivity index (χ2v) is 3.85. The third kappa shape index (κ3) is 6.45. The minimum Gasteiger partial charge on any atom is -0.418 e. The molecule has 0 aromatic rings. The zero-order valence-corrected chi connectivity index (χ0v) is 10.3. The van der Waals surface area contributed by atoms with Gasteiger partial charge in [0, 0.05) is 11.8 Å². The quantitative estimate of drug-likeness (QED) is 0.165. The average molecular weight is 229 g/mol. The number of hydrogen-bond donors (Lipinski definition) is 1. The Morgan fingerprint density at radius 3 is 2.75 bits per heavy atom. The molecule has 16 heavy (non-hydrogen) atoms. The van der Waals surface area contributed by atoms with E-state index in [-0.39, 0.29) is 11.0 Å². The maximum absolute atomic E-state index is 10.8. The van der Waals surface area contributed by atoms with Crippen molar-refractivity contribution in [2.24, 2.45) is 0 Å². The Hall–Kier alpha value is -1.03. The van der Waals surface area contributed by atoms with E-state index in [4.69, 9.17) is 9.94 Å². The van der Waals surface area contributed by atoms with Gasteiger partial charge in [-0.3, -0.25) is 5.21 Å². The lowest BCUT2D eigenvalue weighted by molar-refractivity contribution is -0.728. The van der Waals surface area contributed by atoms with E-state index >= 15 is 0 Å². The molecule has 0 saturated heterocycles. The SMILES string of the molecule is C=CCCOC(CCCCC)/C(C)=[N+](\[O-])O. The molecule has 0 rings (SSSR count). The van der Waals surface area contributed by atoms with Crippen LogP contribution >= 0.6 is 0 Å². The van der Waals surface area contributed by atoms with Crippen LogP contribution in [0.4, 0.5) is 0 Å². The van der Waals surface area contributed by atoms with Crippen molar-refractivity contribution in [1.29, 1.82) is 0 Å². The Kier molecular flexibility index (Phi) is 8.62. The summed E-state index contributed by atoms with van der Waals surface area (Å²) in [4.78, 5) is -0.0927. The first-order valence-electron chi connectivity index (χ1n) is 5.85. The molecule has 0 aliphatic rings. The van der Waals surface area contributed by atoms with Gasteiger partial charge < -0.3 is 9.94 Å². The van der Waals surface area contributed by atoms with Crippen molar-refractivity contribution in [1.82, 2.24) is 0 Å². The van der Waals surface area contributed by atoms with Crippen molar-refractivity contribution in [3.05, 3.63) is 17.9 Å². The normalized spacial score (nSPS) is 14.4. The second-order valence-electron chi connectivity index (χ2n) is 3.85. The Balaban J connectivity index is 4.16. The molecular weight excluding hydrogens is 206 g/mol. The Morgan fingerprint density at radius 1 is 1.56 bits per heavy atom. The van der Waals surface area contributed by atoms with Crippen LogP contribution in [-0.4, -0.2) is 28.5 Å². The molecule has 0 aromatic carbocycles. The maximum Gasteiger partial charge on any atom is 0.247 e. The lowest BCUT2D eigenvalue weighted by Crippen LogP contribution is -2.28. The fourth-order valence-corrected chi connectivity index (χ4v) is 1.41. The van der Waals surface area contributed by atoms with Gasteiger partial charge in [-0.2, -0.15) is 0 Å². The van der Waals surface area contributed by atoms with Crippen LogP contribution in [0.1, 0.15) is 46.0 Å². The van der Waals surface area contributed by atoms with Crippen molar-refractivity contribution in [3.8, 4) is 0 Å². The molecule has 0 spiro atoms. The van der Waals surface area contributed by atoms with Gasteiger partial charge in [0.2, 0.25) is 5.71 Å². The molecule has 4 nitrogen and oxygen atoms in total. The zero-order valence-electron chi connectivity index (χ0n) is 10.3. The number of rotatable bonds is 9. The molecule has 0 bridgehead atoms. The Morgan fingerprint density at radius 2 is 2.25 bits per heavy atom. The van der Waals surface area contributed by atoms with Gasteiger partial charge >= 0.3 is 0 Å². The van der Waals surface area contributed by atoms with Gasteiger partial charge in [-0.05, 0) is 12.8 Å². The van der Waals surface area contributed by atoms with Crippen LogP contribution in [0, 0.1) is 5.21 Å². The van der Waals surface area contributed by atoms with E-state index in [2.05, 4.69) is 13.5 Å². The monoisotopic (exact) mass is 229 g/mol. The first-order chi connectivity index (χ1) is 7.63. The minimum absolute atomic E-state index is 0.0927. The van der Waals surface area contributed by atoms with Crippen molar-refractivity contribution in [3.63, 3.8) is 0 Å². The molecular formula is C12H23NO3. The van der Waals surface area contributed by atoms with Gasteiger partial charge in [-0.1, -0.05) is 32.3 Å². The van der Waals surface area contributed by atoms with E-state index in [1.807, 2.05) is 0 Å². The predicted octanol–water partition coefficient (Wildman–Crippen LogP) is 2.89. The Labute approximate surface area is 97.8 Å². The van der Waals surface area contributed by atoms with Crippen molar-refractivity contribution in [2.75, 3.05) is 6.61 Å². The summed E-state index contributed by atoms with van der Waals surface area (Å²) in [7, 11) is 0. The minimum atomic E-state index is -0.283. The zero-order chi connectivity index (χ0) is 12.4. The Bertz CT molecular complexity index is 222. The molecule has 1 atom stereocenters. The van der Waals surface area contributed by atoms with Gasteiger partial charge in [-0.25, -0.2) is 0 Å². The number of ether oxygens (including phenoxy) is 1. The molecule has 1 N–H and O–H groups in total. The van der Waals surface area contributed by atoms with Gasteiger partial charge in [0.1, 0.15) is 6.10 Å². The third-order valence-electron chi connectivity index (χ3n) is 2.48. The number of nitrogens with zero attached hydrogens (tertiary/aromatic N) is 1. The average Bonchev–Trinajstić information content (AvgIpc) is 2.26. The van der Waals surface area contributed by atoms with Gasteiger partial charge in [0.05, 0.1) is 6.61 Å². The van der Waals surface area contributed by atoms with Crippen LogP contribution in [0.15, 0.2) is 12.7 Å². The van der Waals surface area contributed by atoms with Gasteiger partial charge in [0.25, 0.3) is 0 Å². The van der Waals surface area contributed by atoms with E-state index < -0.39 is 0 Å². The van der Waals surface area contributed by atoms with Crippen LogP contribution < -0.4 is 0 Å². The fraction of sp³-hybridized carbons (Fsp3) is 0.750. The number of hydrogen-bond acceptors (Lipinski definition) is 3. The molecule has 0 aliphatic carbocycles. The smallest absolute Gasteiger partial charge is 0.247 e. The molecule has 0 aliphatic heterocycles. The van der Waals surface area contributed by atoms with Crippen LogP contribution in [0.5, 0.6) is 0 Å². The molecule has 0 fully saturated rings. The summed E-state index contributed by atoms with van der Waals surface area (Å²) in [6.07, 6.45) is 6.25. The van der Waals surface area contributed by atoms with Gasteiger partial charge in [-0.15, -0.1) is 6.58 Å². The van der Waals surface area contributed by atoms with Crippen LogP contribution in [-0.2, 0) is 4.74 Å². The molecule has 4 heteroatoms. The summed E-state index contributed by atoms with van der Waals surface area (Å²) in [5.41, 5.74) is 0.320. The van der Waals surface area contributed by atoms with E-state index in [1.54, 1.807) is 13.0 Å². The highest BCUT2D eigenvalue weighted by Crippen LogP contribution is 2.09. The first-order valence-corrected chi connectivity index (χ1v) is 5.85. The van der Waals surface area contributed by atoms with Crippen LogP contribution in [0.2, 0.25) is 0 Å². The summed E-state index contributed by atoms with van der Waals surface area (Å²) in [6.45, 7) is 7.85. The maximum atomic E-state index is 10.8. The fourth-order valence-electron chi connectivity index (χ4n) is 1.41. The lowest BCUT2D eigenvalue weighted by atomic mass is 10.1. The van der Waals surface area contributed by atoms with Crippen molar-refractivity contribution < 1.29 is 14.8 Å². The summed E-state index contributed by atoms with van der Waals surface area (Å²) < 4.78 is 5.54. The summed E-state index contributed by atoms with van der Waals surface area (Å²) in [6, 6.07) is 0. The highest BCUT2D eigenvalue weighted by atomic mass is 16.8. The molecule has 0 aromatic heterocycles. The summed E-state index contributed by atoms with van der Waals surface area (Å²) >= 11 is 0. The number of unbranched alkanes of at least 4 members (excludes halogenated alkanes) is 2. The standard InChI is InChI=1S/C12H23NO3/c1-4-6-8-9-12(11(3)13(14)15)16-10-7-5-2/h5,12H,2,4,6-10H2,1,3H3,(H,14,15). The highest BCUT2D eigenvalue weighted by molar-refractivity contribution is 5.81. The largest absolute Gasteiger partial charge is 0.418 e. The lowest BCUT2D eigenvalue weighted by Gasteiger charge is -2.14. The molecule has 1 unspecified atom stereocenters. The summed E-state index contributed by atoms with van der Waals surface area (Å²) in [5, 5.41) is 19.6. The molecule has 0 saturated carbocycles. The molecule has 0 heterocycles. The highest BCUT2D eigenvalue weighted by Gasteiger charge is 2.20. The molecule has 0 amide bonds. The van der Waals surface area contributed by atoms with Gasteiger partial charge in [0.15, 0.2) is 0 Å². The van der Waals surface area contributed by atoms with Crippen molar-refractivity contribution >= 4 is 5.71 Å². The third-order valence-corrected chi connectivity index (χ3v) is 2.48. The molecule has 94 valence electrons. The first kappa shape index (κ1) is 15.0. The van der Waals surface area contributed by atoms with E-state index in [1.165, 1.54) is 0 Å². The van der Waals surface area contributed by atoms with Crippen molar-refractivity contribution in [2.45, 2.75) is 52.1 Å². The van der Waals surface area contributed by atoms with Crippen LogP contribution in [0.3, 0.4) is 0 Å². The predicted molar refractivity (Wildman–Crippen MR) is 64.8 cm³/mol. The second kappa shape index (κ2) is 9.21. The molecule has 0 radical (unpaired) electrons. The van der Waals surface area contributed by atoms with E-state index in [0.29, 0.717) is 12.3 Å². The van der Waals surface area contributed by atoms with E-state index in [9.17, 15) is 5.21 Å². The topological polar surface area (TPSA) is 55.5 Å². The summed E-state index contributed by atoms with van der Waals surface area (Å²) in [5.74, 6) is 0. The van der Waals surface area contributed by atoms with Crippen LogP contribution in [0.25, 0.3) is 0 Å².